The zero-order chi connectivity index (χ0) is 23.0. The van der Waals surface area contributed by atoms with Gasteiger partial charge < -0.3 is 10.2 Å². The minimum Gasteiger partial charge on any atom is -0.350 e. The molecule has 2 heterocycles. The van der Waals surface area contributed by atoms with Crippen molar-refractivity contribution in [3.8, 4) is 5.95 Å². The monoisotopic (exact) mass is 455 g/mol. The minimum atomic E-state index is -3.91. The van der Waals surface area contributed by atoms with Gasteiger partial charge in [0.2, 0.25) is 27.9 Å². The number of nitrogens with one attached hydrogen (secondary N) is 1. The van der Waals surface area contributed by atoms with E-state index in [1.807, 2.05) is 6.92 Å². The molecule has 0 aliphatic carbocycles. The van der Waals surface area contributed by atoms with Gasteiger partial charge in [0.15, 0.2) is 0 Å². The van der Waals surface area contributed by atoms with E-state index < -0.39 is 10.0 Å². The fourth-order valence-electron chi connectivity index (χ4n) is 3.41. The van der Waals surface area contributed by atoms with Crippen LogP contribution in [-0.2, 0) is 16.6 Å². The van der Waals surface area contributed by atoms with Gasteiger partial charge in [0, 0.05) is 31.7 Å². The second-order valence-corrected chi connectivity index (χ2v) is 9.02. The quantitative estimate of drug-likeness (QED) is 0.459. The van der Waals surface area contributed by atoms with Crippen molar-refractivity contribution in [2.24, 2.45) is 5.14 Å². The number of sulfonamides is 1. The molecule has 2 aromatic carbocycles. The van der Waals surface area contributed by atoms with Crippen LogP contribution in [0.2, 0.25) is 0 Å². The van der Waals surface area contributed by atoms with Crippen LogP contribution in [0.1, 0.15) is 11.3 Å². The van der Waals surface area contributed by atoms with Gasteiger partial charge in [-0.3, -0.25) is 4.57 Å². The summed E-state index contributed by atoms with van der Waals surface area (Å²) in [7, 11) is -0.304. The van der Waals surface area contributed by atoms with Crippen molar-refractivity contribution in [3.05, 3.63) is 65.6 Å². The van der Waals surface area contributed by atoms with Gasteiger partial charge in [-0.05, 0) is 42.8 Å². The van der Waals surface area contributed by atoms with Gasteiger partial charge >= 0.3 is 0 Å². The number of primary sulfonamides is 1. The Morgan fingerprint density at radius 3 is 2.53 bits per heavy atom. The summed E-state index contributed by atoms with van der Waals surface area (Å²) in [5.74, 6) is 0.687. The molecule has 0 radical (unpaired) electrons. The first kappa shape index (κ1) is 21.7. The van der Waals surface area contributed by atoms with Crippen molar-refractivity contribution in [2.75, 3.05) is 24.3 Å². The van der Waals surface area contributed by atoms with E-state index in [0.717, 1.165) is 11.3 Å². The Labute approximate surface area is 184 Å². The molecule has 0 bridgehead atoms. The Morgan fingerprint density at radius 2 is 1.84 bits per heavy atom. The van der Waals surface area contributed by atoms with E-state index in [2.05, 4.69) is 20.3 Å². The maximum atomic E-state index is 13.5. The number of aromatic nitrogens is 4. The number of nitrogens with zero attached hydrogens (tertiary/aromatic N) is 5. The highest BCUT2D eigenvalue weighted by atomic mass is 32.2. The van der Waals surface area contributed by atoms with Crippen LogP contribution in [0.15, 0.2) is 53.4 Å². The maximum Gasteiger partial charge on any atom is 0.240 e. The normalized spacial score (nSPS) is 11.7. The molecule has 0 saturated carbocycles. The van der Waals surface area contributed by atoms with E-state index in [1.165, 1.54) is 18.2 Å². The zero-order valence-corrected chi connectivity index (χ0v) is 18.6. The Balaban J connectivity index is 1.81. The van der Waals surface area contributed by atoms with E-state index >= 15 is 0 Å². The SMILES string of the molecule is Cc1cc2c(S(N)(=O)=O)cccc2n1-c1nc(NCc2cccc(F)c2)nc(N(C)C)n1. The number of nitrogens with two attached hydrogens (primary N) is 1. The second kappa shape index (κ2) is 8.17. The van der Waals surface area contributed by atoms with Crippen molar-refractivity contribution < 1.29 is 12.8 Å². The molecule has 32 heavy (non-hydrogen) atoms. The molecule has 0 aliphatic rings. The third-order valence-corrected chi connectivity index (χ3v) is 5.82. The first-order valence-corrected chi connectivity index (χ1v) is 11.2. The summed E-state index contributed by atoms with van der Waals surface area (Å²) in [6.07, 6.45) is 0. The number of benzene rings is 2. The minimum absolute atomic E-state index is 0.0307. The fraction of sp³-hybridized carbons (Fsp3) is 0.190. The largest absolute Gasteiger partial charge is 0.350 e. The lowest BCUT2D eigenvalue weighted by Gasteiger charge is -2.15. The molecule has 0 saturated heterocycles. The van der Waals surface area contributed by atoms with E-state index in [4.69, 9.17) is 5.14 Å². The molecule has 3 N–H and O–H groups in total. The molecule has 11 heteroatoms. The van der Waals surface area contributed by atoms with Gasteiger partial charge in [0.25, 0.3) is 0 Å². The highest BCUT2D eigenvalue weighted by Gasteiger charge is 2.19. The van der Waals surface area contributed by atoms with Crippen LogP contribution in [0.5, 0.6) is 0 Å². The lowest BCUT2D eigenvalue weighted by Crippen LogP contribution is -2.18. The maximum absolute atomic E-state index is 13.5. The first-order chi connectivity index (χ1) is 15.1. The molecule has 0 unspecified atom stereocenters. The highest BCUT2D eigenvalue weighted by molar-refractivity contribution is 7.89. The van der Waals surface area contributed by atoms with Gasteiger partial charge in [0.05, 0.1) is 10.4 Å². The molecule has 0 aliphatic heterocycles. The predicted molar refractivity (Wildman–Crippen MR) is 121 cm³/mol. The molecule has 2 aromatic heterocycles. The topological polar surface area (TPSA) is 119 Å². The average Bonchev–Trinajstić information content (AvgIpc) is 3.07. The number of anilines is 2. The van der Waals surface area contributed by atoms with Gasteiger partial charge in [-0.15, -0.1) is 0 Å². The summed E-state index contributed by atoms with van der Waals surface area (Å²) in [6.45, 7) is 2.14. The van der Waals surface area contributed by atoms with Crippen LogP contribution in [0.3, 0.4) is 0 Å². The number of fused-ring (bicyclic) bond motifs is 1. The fourth-order valence-corrected chi connectivity index (χ4v) is 4.15. The molecule has 166 valence electrons. The molecular weight excluding hydrogens is 433 g/mol. The molecule has 9 nitrogen and oxygen atoms in total. The van der Waals surface area contributed by atoms with Gasteiger partial charge in [-0.1, -0.05) is 18.2 Å². The lowest BCUT2D eigenvalue weighted by molar-refractivity contribution is 0.598. The molecule has 4 rings (SSSR count). The second-order valence-electron chi connectivity index (χ2n) is 7.49. The van der Waals surface area contributed by atoms with Crippen molar-refractivity contribution in [2.45, 2.75) is 18.4 Å². The van der Waals surface area contributed by atoms with E-state index in [1.54, 1.807) is 53.9 Å². The van der Waals surface area contributed by atoms with E-state index in [9.17, 15) is 12.8 Å². The average molecular weight is 456 g/mol. The van der Waals surface area contributed by atoms with Crippen molar-refractivity contribution in [1.29, 1.82) is 0 Å². The lowest BCUT2D eigenvalue weighted by atomic mass is 10.2. The molecule has 0 spiro atoms. The molecule has 0 amide bonds. The number of rotatable bonds is 6. The van der Waals surface area contributed by atoms with Gasteiger partial charge in [-0.2, -0.15) is 15.0 Å². The third-order valence-electron chi connectivity index (χ3n) is 4.85. The Morgan fingerprint density at radius 1 is 1.09 bits per heavy atom. The summed E-state index contributed by atoms with van der Waals surface area (Å²) < 4.78 is 39.3. The smallest absolute Gasteiger partial charge is 0.240 e. The summed E-state index contributed by atoms with van der Waals surface area (Å²) >= 11 is 0. The van der Waals surface area contributed by atoms with Crippen molar-refractivity contribution >= 4 is 32.8 Å². The Bertz CT molecular complexity index is 1420. The van der Waals surface area contributed by atoms with Crippen molar-refractivity contribution in [1.82, 2.24) is 19.5 Å². The number of hydrogen-bond donors (Lipinski definition) is 2. The Hall–Kier alpha value is -3.57. The van der Waals surface area contributed by atoms with Crippen LogP contribution < -0.4 is 15.4 Å². The molecule has 0 fully saturated rings. The predicted octanol–water partition coefficient (Wildman–Crippen LogP) is 2.59. The Kier molecular flexibility index (Phi) is 5.53. The summed E-state index contributed by atoms with van der Waals surface area (Å²) in [5.41, 5.74) is 2.06. The standard InChI is InChI=1S/C21H22FN7O2S/c1-13-10-16-17(8-5-9-18(16)32(23,30)31)29(13)21-26-19(25-20(27-21)28(2)3)24-12-14-6-4-7-15(22)11-14/h4-11H,12H2,1-3H3,(H2,23,30,31)(H,24,25,26,27). The van der Waals surface area contributed by atoms with Crippen LogP contribution in [0.4, 0.5) is 16.3 Å². The summed E-state index contributed by atoms with van der Waals surface area (Å²) in [6, 6.07) is 12.8. The van der Waals surface area contributed by atoms with Crippen LogP contribution >= 0.6 is 0 Å². The van der Waals surface area contributed by atoms with E-state index in [0.29, 0.717) is 35.3 Å². The number of hydrogen-bond acceptors (Lipinski definition) is 7. The van der Waals surface area contributed by atoms with Crippen LogP contribution in [0.25, 0.3) is 16.9 Å². The number of halogens is 1. The molecular formula is C21H22FN7O2S. The third kappa shape index (κ3) is 4.25. The summed E-state index contributed by atoms with van der Waals surface area (Å²) in [5, 5.41) is 8.98. The summed E-state index contributed by atoms with van der Waals surface area (Å²) in [4.78, 5) is 15.2. The van der Waals surface area contributed by atoms with Gasteiger partial charge in [-0.25, -0.2) is 17.9 Å². The molecule has 0 atom stereocenters. The van der Waals surface area contributed by atoms with Crippen LogP contribution in [-0.4, -0.2) is 42.0 Å². The van der Waals surface area contributed by atoms with Crippen molar-refractivity contribution in [3.63, 3.8) is 0 Å². The van der Waals surface area contributed by atoms with Crippen LogP contribution in [0, 0.1) is 12.7 Å². The number of aryl methyl sites for hydroxylation is 1. The van der Waals surface area contributed by atoms with Gasteiger partial charge in [0.1, 0.15) is 5.82 Å². The zero-order valence-electron chi connectivity index (χ0n) is 17.7. The molecule has 4 aromatic rings. The van der Waals surface area contributed by atoms with E-state index in [-0.39, 0.29) is 10.7 Å². The highest BCUT2D eigenvalue weighted by Crippen LogP contribution is 2.28. The first-order valence-electron chi connectivity index (χ1n) is 9.69.